The van der Waals surface area contributed by atoms with E-state index in [9.17, 15) is 4.79 Å². The number of methoxy groups -OCH3 is 2. The Bertz CT molecular complexity index is 742. The first-order valence-electron chi connectivity index (χ1n) is 7.57. The van der Waals surface area contributed by atoms with Crippen molar-refractivity contribution in [2.75, 3.05) is 27.4 Å². The van der Waals surface area contributed by atoms with Crippen molar-refractivity contribution in [1.82, 2.24) is 0 Å². The number of rotatable bonds is 8. The molecule has 0 amide bonds. The molecule has 5 nitrogen and oxygen atoms in total. The van der Waals surface area contributed by atoms with Gasteiger partial charge in [-0.2, -0.15) is 0 Å². The summed E-state index contributed by atoms with van der Waals surface area (Å²) in [5.74, 6) is 1.42. The number of ether oxygens (including phenoxy) is 4. The molecular formula is C19H19ClO5. The maximum Gasteiger partial charge on any atom is 0.330 e. The molecule has 0 N–H and O–H groups in total. The zero-order valence-electron chi connectivity index (χ0n) is 14.0. The second-order valence-corrected chi connectivity index (χ2v) is 5.36. The molecule has 0 radical (unpaired) electrons. The van der Waals surface area contributed by atoms with Crippen molar-refractivity contribution < 1.29 is 23.7 Å². The fourth-order valence-electron chi connectivity index (χ4n) is 2.01. The highest BCUT2D eigenvalue weighted by Gasteiger charge is 2.05. The molecule has 0 aliphatic heterocycles. The lowest BCUT2D eigenvalue weighted by Crippen LogP contribution is -2.09. The third-order valence-electron chi connectivity index (χ3n) is 3.21. The Kier molecular flexibility index (Phi) is 7.16. The molecule has 0 saturated heterocycles. The van der Waals surface area contributed by atoms with Gasteiger partial charge in [0.25, 0.3) is 0 Å². The maximum atomic E-state index is 11.1. The van der Waals surface area contributed by atoms with Crippen molar-refractivity contribution >= 4 is 23.6 Å². The molecule has 0 aromatic heterocycles. The van der Waals surface area contributed by atoms with E-state index in [0.29, 0.717) is 35.5 Å². The molecule has 0 heterocycles. The second kappa shape index (κ2) is 9.59. The van der Waals surface area contributed by atoms with Crippen LogP contribution in [-0.2, 0) is 9.53 Å². The summed E-state index contributed by atoms with van der Waals surface area (Å²) in [6.07, 6.45) is 2.98. The van der Waals surface area contributed by atoms with Crippen molar-refractivity contribution in [3.63, 3.8) is 0 Å². The van der Waals surface area contributed by atoms with Crippen molar-refractivity contribution in [1.29, 1.82) is 0 Å². The van der Waals surface area contributed by atoms with Crippen molar-refractivity contribution in [3.8, 4) is 17.2 Å². The van der Waals surface area contributed by atoms with Crippen LogP contribution in [0.5, 0.6) is 17.2 Å². The molecule has 6 heteroatoms. The normalized spacial score (nSPS) is 10.5. The Balaban J connectivity index is 1.90. The standard InChI is InChI=1S/C19H19ClO5/c1-22-18-12-14(7-9-19(21)23-2)6-8-17(18)25-11-10-24-16-5-3-4-15(20)13-16/h3-9,12-13H,10-11H2,1-2H3. The average Bonchev–Trinajstić information content (AvgIpc) is 2.63. The van der Waals surface area contributed by atoms with Gasteiger partial charge in [-0.25, -0.2) is 4.79 Å². The first-order valence-corrected chi connectivity index (χ1v) is 7.95. The lowest BCUT2D eigenvalue weighted by Gasteiger charge is -2.12. The first kappa shape index (κ1) is 18.7. The predicted octanol–water partition coefficient (Wildman–Crippen LogP) is 3.99. The van der Waals surface area contributed by atoms with Crippen LogP contribution in [0.3, 0.4) is 0 Å². The minimum atomic E-state index is -0.419. The lowest BCUT2D eigenvalue weighted by atomic mass is 10.2. The Morgan fingerprint density at radius 3 is 2.56 bits per heavy atom. The Morgan fingerprint density at radius 1 is 1.04 bits per heavy atom. The lowest BCUT2D eigenvalue weighted by molar-refractivity contribution is -0.134. The topological polar surface area (TPSA) is 54.0 Å². The molecule has 0 atom stereocenters. The smallest absolute Gasteiger partial charge is 0.330 e. The average molecular weight is 363 g/mol. The van der Waals surface area contributed by atoms with E-state index < -0.39 is 5.97 Å². The first-order chi connectivity index (χ1) is 12.1. The highest BCUT2D eigenvalue weighted by atomic mass is 35.5. The fraction of sp³-hybridized carbons (Fsp3) is 0.211. The summed E-state index contributed by atoms with van der Waals surface area (Å²) in [6, 6.07) is 12.5. The minimum absolute atomic E-state index is 0.347. The summed E-state index contributed by atoms with van der Waals surface area (Å²) in [5.41, 5.74) is 0.796. The van der Waals surface area contributed by atoms with Crippen LogP contribution >= 0.6 is 11.6 Å². The molecule has 132 valence electrons. The van der Waals surface area contributed by atoms with E-state index in [1.54, 1.807) is 37.5 Å². The Morgan fingerprint density at radius 2 is 1.84 bits per heavy atom. The van der Waals surface area contributed by atoms with Gasteiger partial charge >= 0.3 is 5.97 Å². The van der Waals surface area contributed by atoms with E-state index in [0.717, 1.165) is 5.56 Å². The number of hydrogen-bond acceptors (Lipinski definition) is 5. The molecule has 0 bridgehead atoms. The van der Waals surface area contributed by atoms with Gasteiger partial charge in [0.15, 0.2) is 11.5 Å². The maximum absolute atomic E-state index is 11.1. The number of hydrogen-bond donors (Lipinski definition) is 0. The van der Waals surface area contributed by atoms with Crippen molar-refractivity contribution in [2.24, 2.45) is 0 Å². The molecule has 0 aliphatic carbocycles. The van der Waals surface area contributed by atoms with E-state index in [1.165, 1.54) is 13.2 Å². The van der Waals surface area contributed by atoms with Crippen molar-refractivity contribution in [2.45, 2.75) is 0 Å². The summed E-state index contributed by atoms with van der Waals surface area (Å²) in [6.45, 7) is 0.716. The molecule has 0 spiro atoms. The van der Waals surface area contributed by atoms with Gasteiger partial charge in [0.05, 0.1) is 14.2 Å². The monoisotopic (exact) mass is 362 g/mol. The second-order valence-electron chi connectivity index (χ2n) is 4.92. The third kappa shape index (κ3) is 6.04. The summed E-state index contributed by atoms with van der Waals surface area (Å²) >= 11 is 5.90. The molecule has 0 unspecified atom stereocenters. The highest BCUT2D eigenvalue weighted by molar-refractivity contribution is 6.30. The molecule has 2 aromatic carbocycles. The molecule has 0 fully saturated rings. The van der Waals surface area contributed by atoms with Gasteiger partial charge in [-0.15, -0.1) is 0 Å². The van der Waals surface area contributed by atoms with Gasteiger partial charge in [0, 0.05) is 11.1 Å². The molecule has 25 heavy (non-hydrogen) atoms. The van der Waals surface area contributed by atoms with Gasteiger partial charge in [0.2, 0.25) is 0 Å². The van der Waals surface area contributed by atoms with Gasteiger partial charge in [0.1, 0.15) is 19.0 Å². The quantitative estimate of drug-likeness (QED) is 0.403. The Hall–Kier alpha value is -2.66. The number of halogens is 1. The van der Waals surface area contributed by atoms with Crippen LogP contribution in [0.2, 0.25) is 5.02 Å². The number of esters is 1. The van der Waals surface area contributed by atoms with Crippen molar-refractivity contribution in [3.05, 3.63) is 59.1 Å². The van der Waals surface area contributed by atoms with Crippen LogP contribution in [0.15, 0.2) is 48.5 Å². The van der Waals surface area contributed by atoms with Crippen LogP contribution in [0.25, 0.3) is 6.08 Å². The number of benzene rings is 2. The van der Waals surface area contributed by atoms with E-state index >= 15 is 0 Å². The van der Waals surface area contributed by atoms with E-state index in [4.69, 9.17) is 25.8 Å². The number of carbonyl (C=O) groups excluding carboxylic acids is 1. The zero-order valence-corrected chi connectivity index (χ0v) is 14.8. The summed E-state index contributed by atoms with van der Waals surface area (Å²) < 4.78 is 21.1. The molecule has 0 aliphatic rings. The molecule has 2 rings (SSSR count). The molecule has 0 saturated carbocycles. The Labute approximate surface area is 151 Å². The van der Waals surface area contributed by atoms with Crippen LogP contribution in [0.1, 0.15) is 5.56 Å². The van der Waals surface area contributed by atoms with Gasteiger partial charge < -0.3 is 18.9 Å². The van der Waals surface area contributed by atoms with Gasteiger partial charge in [-0.05, 0) is 42.0 Å². The van der Waals surface area contributed by atoms with Gasteiger partial charge in [-0.3, -0.25) is 0 Å². The predicted molar refractivity (Wildman–Crippen MR) is 96.5 cm³/mol. The molecular weight excluding hydrogens is 344 g/mol. The highest BCUT2D eigenvalue weighted by Crippen LogP contribution is 2.28. The zero-order chi connectivity index (χ0) is 18.1. The number of carbonyl (C=O) groups is 1. The molecule has 2 aromatic rings. The van der Waals surface area contributed by atoms with Crippen LogP contribution < -0.4 is 14.2 Å². The fourth-order valence-corrected chi connectivity index (χ4v) is 2.19. The largest absolute Gasteiger partial charge is 0.493 e. The van der Waals surface area contributed by atoms with E-state index in [1.807, 2.05) is 18.2 Å². The van der Waals surface area contributed by atoms with E-state index in [2.05, 4.69) is 4.74 Å². The van der Waals surface area contributed by atoms with Crippen LogP contribution in [-0.4, -0.2) is 33.4 Å². The summed E-state index contributed by atoms with van der Waals surface area (Å²) in [7, 11) is 2.88. The van der Waals surface area contributed by atoms with Gasteiger partial charge in [-0.1, -0.05) is 23.7 Å². The third-order valence-corrected chi connectivity index (χ3v) is 3.44. The van der Waals surface area contributed by atoms with Crippen LogP contribution in [0, 0.1) is 0 Å². The SMILES string of the molecule is COC(=O)C=Cc1ccc(OCCOc2cccc(Cl)c2)c(OC)c1. The van der Waals surface area contributed by atoms with E-state index in [-0.39, 0.29) is 0 Å². The van der Waals surface area contributed by atoms with Crippen LogP contribution in [0.4, 0.5) is 0 Å². The minimum Gasteiger partial charge on any atom is -0.493 e. The summed E-state index contributed by atoms with van der Waals surface area (Å²) in [4.78, 5) is 11.1. The summed E-state index contributed by atoms with van der Waals surface area (Å²) in [5, 5.41) is 0.621.